The molecular weight excluding hydrogens is 352 g/mol. The van der Waals surface area contributed by atoms with Crippen molar-refractivity contribution >= 4 is 27.4 Å². The van der Waals surface area contributed by atoms with Crippen LogP contribution in [0.15, 0.2) is 30.5 Å². The second-order valence-electron chi connectivity index (χ2n) is 10.2. The fraction of sp³-hybridized carbons (Fsp3) is 0.519. The fourth-order valence-corrected chi connectivity index (χ4v) is 5.77. The van der Waals surface area contributed by atoms with E-state index in [9.17, 15) is 0 Å². The summed E-state index contributed by atoms with van der Waals surface area (Å²) in [6.07, 6.45) is 4.44. The molecule has 154 valence electrons. The number of benzene rings is 2. The number of hydrogen-bond donors (Lipinski definition) is 0. The number of nitrogens with zero attached hydrogens (tertiary/aromatic N) is 2. The monoisotopic (exact) mass is 388 g/mol. The molecule has 0 aliphatic carbocycles. The lowest BCUT2D eigenvalue weighted by atomic mass is 9.68. The molecule has 3 aromatic rings. The zero-order chi connectivity index (χ0) is 21.1. The Morgan fingerprint density at radius 3 is 2.59 bits per heavy atom. The number of likely N-dealkylation sites (N-methyl/N-ethyl adjacent to an activating group) is 1. The van der Waals surface area contributed by atoms with Crippen LogP contribution in [0.2, 0.25) is 0 Å². The van der Waals surface area contributed by atoms with Crippen LogP contribution in [0, 0.1) is 12.8 Å². The SMILES string of the molecule is CCC(C)C(C)(CC)c1cccc2c(C)cc3c4c(cnc3c12)N(C)CC4(C)C. The predicted octanol–water partition coefficient (Wildman–Crippen LogP) is 7.14. The first-order valence-corrected chi connectivity index (χ1v) is 11.2. The number of rotatable bonds is 4. The summed E-state index contributed by atoms with van der Waals surface area (Å²) in [4.78, 5) is 7.45. The molecule has 2 atom stereocenters. The fourth-order valence-electron chi connectivity index (χ4n) is 5.77. The molecule has 2 heterocycles. The lowest BCUT2D eigenvalue weighted by Gasteiger charge is -2.36. The molecule has 1 aromatic heterocycles. The van der Waals surface area contributed by atoms with Gasteiger partial charge in [-0.3, -0.25) is 4.98 Å². The number of anilines is 1. The Balaban J connectivity index is 2.17. The van der Waals surface area contributed by atoms with E-state index in [0.717, 1.165) is 13.0 Å². The minimum absolute atomic E-state index is 0.130. The molecule has 0 amide bonds. The highest BCUT2D eigenvalue weighted by Gasteiger charge is 2.37. The van der Waals surface area contributed by atoms with E-state index in [0.29, 0.717) is 5.92 Å². The van der Waals surface area contributed by atoms with Gasteiger partial charge in [0.15, 0.2) is 0 Å². The number of aromatic nitrogens is 1. The van der Waals surface area contributed by atoms with Crippen LogP contribution in [0.3, 0.4) is 0 Å². The van der Waals surface area contributed by atoms with E-state index >= 15 is 0 Å². The van der Waals surface area contributed by atoms with Crippen LogP contribution in [0.5, 0.6) is 0 Å². The summed E-state index contributed by atoms with van der Waals surface area (Å²) in [5, 5.41) is 4.08. The maximum absolute atomic E-state index is 5.09. The maximum atomic E-state index is 5.09. The number of aryl methyl sites for hydroxylation is 1. The van der Waals surface area contributed by atoms with Gasteiger partial charge in [-0.15, -0.1) is 0 Å². The lowest BCUT2D eigenvalue weighted by molar-refractivity contribution is 0.298. The van der Waals surface area contributed by atoms with Crippen LogP contribution >= 0.6 is 0 Å². The van der Waals surface area contributed by atoms with Gasteiger partial charge in [0.05, 0.1) is 17.4 Å². The Labute approximate surface area is 176 Å². The molecule has 0 saturated heterocycles. The van der Waals surface area contributed by atoms with E-state index in [-0.39, 0.29) is 10.8 Å². The molecule has 2 unspecified atom stereocenters. The Bertz CT molecular complexity index is 1090. The topological polar surface area (TPSA) is 16.1 Å². The highest BCUT2D eigenvalue weighted by Crippen LogP contribution is 2.47. The van der Waals surface area contributed by atoms with Crippen molar-refractivity contribution in [3.63, 3.8) is 0 Å². The number of pyridine rings is 1. The smallest absolute Gasteiger partial charge is 0.0788 e. The Hall–Kier alpha value is -2.09. The standard InChI is InChI=1S/C27H36N2/c1-9-18(4)27(7,10-2)21-13-11-12-19-17(3)14-20-24-22(15-28-25(20)23(19)21)29(8)16-26(24,5)6/h11-15,18H,9-10,16H2,1-8H3. The third-order valence-corrected chi connectivity index (χ3v) is 7.95. The van der Waals surface area contributed by atoms with Crippen molar-refractivity contribution in [1.82, 2.24) is 4.98 Å². The molecule has 2 heteroatoms. The summed E-state index contributed by atoms with van der Waals surface area (Å²) in [5.74, 6) is 0.616. The summed E-state index contributed by atoms with van der Waals surface area (Å²) in [6.45, 7) is 17.6. The highest BCUT2D eigenvalue weighted by atomic mass is 15.1. The van der Waals surface area contributed by atoms with Crippen LogP contribution < -0.4 is 4.90 Å². The molecule has 2 nitrogen and oxygen atoms in total. The van der Waals surface area contributed by atoms with E-state index in [2.05, 4.69) is 90.9 Å². The van der Waals surface area contributed by atoms with E-state index in [1.165, 1.54) is 50.5 Å². The normalized spacial score (nSPS) is 18.8. The molecule has 1 aliphatic heterocycles. The number of hydrogen-bond acceptors (Lipinski definition) is 2. The van der Waals surface area contributed by atoms with Gasteiger partial charge in [0.2, 0.25) is 0 Å². The molecule has 1 aliphatic rings. The average Bonchev–Trinajstić information content (AvgIpc) is 2.95. The van der Waals surface area contributed by atoms with Gasteiger partial charge in [-0.1, -0.05) is 66.2 Å². The Morgan fingerprint density at radius 1 is 1.21 bits per heavy atom. The van der Waals surface area contributed by atoms with E-state index in [1.54, 1.807) is 0 Å². The molecule has 2 aromatic carbocycles. The molecule has 0 radical (unpaired) electrons. The summed E-state index contributed by atoms with van der Waals surface area (Å²) < 4.78 is 0. The van der Waals surface area contributed by atoms with Crippen molar-refractivity contribution in [3.05, 3.63) is 47.2 Å². The van der Waals surface area contributed by atoms with Gasteiger partial charge in [-0.2, -0.15) is 0 Å². The van der Waals surface area contributed by atoms with Crippen LogP contribution in [-0.2, 0) is 10.8 Å². The first-order valence-electron chi connectivity index (χ1n) is 11.2. The van der Waals surface area contributed by atoms with Gasteiger partial charge in [0.25, 0.3) is 0 Å². The quantitative estimate of drug-likeness (QED) is 0.442. The van der Waals surface area contributed by atoms with Gasteiger partial charge >= 0.3 is 0 Å². The van der Waals surface area contributed by atoms with Crippen molar-refractivity contribution < 1.29 is 0 Å². The second kappa shape index (κ2) is 6.72. The largest absolute Gasteiger partial charge is 0.372 e. The second-order valence-corrected chi connectivity index (χ2v) is 10.2. The molecule has 0 saturated carbocycles. The molecule has 0 N–H and O–H groups in total. The van der Waals surface area contributed by atoms with Crippen LogP contribution in [0.1, 0.15) is 71.1 Å². The van der Waals surface area contributed by atoms with Crippen molar-refractivity contribution in [2.75, 3.05) is 18.5 Å². The van der Waals surface area contributed by atoms with Gasteiger partial charge < -0.3 is 4.90 Å². The summed E-state index contributed by atoms with van der Waals surface area (Å²) in [5.41, 5.74) is 7.04. The van der Waals surface area contributed by atoms with Gasteiger partial charge in [0, 0.05) is 29.8 Å². The van der Waals surface area contributed by atoms with Crippen LogP contribution in [0.4, 0.5) is 5.69 Å². The first kappa shape index (κ1) is 20.2. The minimum atomic E-state index is 0.130. The van der Waals surface area contributed by atoms with Crippen molar-refractivity contribution in [2.24, 2.45) is 5.92 Å². The van der Waals surface area contributed by atoms with Crippen LogP contribution in [0.25, 0.3) is 21.7 Å². The molecule has 0 bridgehead atoms. The summed E-state index contributed by atoms with van der Waals surface area (Å²) >= 11 is 0. The Kier molecular flexibility index (Phi) is 4.68. The molecule has 29 heavy (non-hydrogen) atoms. The third-order valence-electron chi connectivity index (χ3n) is 7.95. The van der Waals surface area contributed by atoms with Gasteiger partial charge in [0.1, 0.15) is 0 Å². The van der Waals surface area contributed by atoms with E-state index in [1.807, 2.05) is 0 Å². The van der Waals surface area contributed by atoms with Gasteiger partial charge in [-0.25, -0.2) is 0 Å². The highest BCUT2D eigenvalue weighted by molar-refractivity contribution is 6.11. The first-order chi connectivity index (χ1) is 13.7. The zero-order valence-corrected chi connectivity index (χ0v) is 19.5. The number of fused-ring (bicyclic) bond motifs is 5. The summed E-state index contributed by atoms with van der Waals surface area (Å²) in [7, 11) is 2.19. The van der Waals surface area contributed by atoms with Crippen molar-refractivity contribution in [3.8, 4) is 0 Å². The lowest BCUT2D eigenvalue weighted by Crippen LogP contribution is -2.29. The third kappa shape index (κ3) is 2.79. The van der Waals surface area contributed by atoms with Crippen molar-refractivity contribution in [1.29, 1.82) is 0 Å². The molecular formula is C27H36N2. The van der Waals surface area contributed by atoms with Crippen LogP contribution in [-0.4, -0.2) is 18.6 Å². The average molecular weight is 389 g/mol. The van der Waals surface area contributed by atoms with Gasteiger partial charge in [-0.05, 0) is 52.8 Å². The molecule has 4 rings (SSSR count). The Morgan fingerprint density at radius 2 is 1.93 bits per heavy atom. The van der Waals surface area contributed by atoms with Crippen molar-refractivity contribution in [2.45, 2.75) is 72.1 Å². The minimum Gasteiger partial charge on any atom is -0.372 e. The predicted molar refractivity (Wildman–Crippen MR) is 127 cm³/mol. The maximum Gasteiger partial charge on any atom is 0.0788 e. The summed E-state index contributed by atoms with van der Waals surface area (Å²) in [6, 6.07) is 9.29. The zero-order valence-electron chi connectivity index (χ0n) is 19.5. The molecule has 0 fully saturated rings. The van der Waals surface area contributed by atoms with E-state index < -0.39 is 0 Å². The van der Waals surface area contributed by atoms with E-state index in [4.69, 9.17) is 4.98 Å². The molecule has 0 spiro atoms.